The molecule has 0 aliphatic carbocycles. The van der Waals surface area contributed by atoms with Crippen LogP contribution in [-0.4, -0.2) is 26.4 Å². The summed E-state index contributed by atoms with van der Waals surface area (Å²) in [6.45, 7) is 1.91. The highest BCUT2D eigenvalue weighted by atomic mass is 32.2. The molecule has 0 aliphatic rings. The Morgan fingerprint density at radius 2 is 2.00 bits per heavy atom. The van der Waals surface area contributed by atoms with E-state index < -0.39 is 21.7 Å². The van der Waals surface area contributed by atoms with E-state index in [1.54, 1.807) is 24.4 Å². The van der Waals surface area contributed by atoms with Gasteiger partial charge in [0.2, 0.25) is 0 Å². The maximum absolute atomic E-state index is 13.8. The van der Waals surface area contributed by atoms with Crippen LogP contribution in [0.2, 0.25) is 0 Å². The van der Waals surface area contributed by atoms with Gasteiger partial charge in [0.15, 0.2) is 0 Å². The highest BCUT2D eigenvalue weighted by Crippen LogP contribution is 2.24. The highest BCUT2D eigenvalue weighted by molar-refractivity contribution is 7.92. The number of aromatic nitrogens is 1. The fourth-order valence-electron chi connectivity index (χ4n) is 2.51. The van der Waals surface area contributed by atoms with E-state index in [1.165, 1.54) is 42.7 Å². The average molecular weight is 436 g/mol. The van der Waals surface area contributed by atoms with Crippen LogP contribution in [0.5, 0.6) is 0 Å². The van der Waals surface area contributed by atoms with Crippen molar-refractivity contribution in [1.82, 2.24) is 4.98 Å². The van der Waals surface area contributed by atoms with Gasteiger partial charge in [0.05, 0.1) is 17.2 Å². The molecular formula is C19H18FN3O4S2. The molecule has 1 aromatic heterocycles. The van der Waals surface area contributed by atoms with Crippen LogP contribution in [0, 0.1) is 12.7 Å². The predicted octanol–water partition coefficient (Wildman–Crippen LogP) is 3.79. The second-order valence-corrected chi connectivity index (χ2v) is 8.67. The second kappa shape index (κ2) is 8.68. The Balaban J connectivity index is 1.83. The van der Waals surface area contributed by atoms with Crippen molar-refractivity contribution in [2.75, 3.05) is 17.1 Å². The standard InChI is InChI=1S/C19H18FN3O4S2/c1-12-7-8-13(21-19(24)16-11-28-18(22-16)10-27-2)9-17(12)29(25,26)23-15-6-4-3-5-14(15)20/h3-9,11,23H,10H2,1-2H3,(H,21,24). The summed E-state index contributed by atoms with van der Waals surface area (Å²) >= 11 is 1.29. The van der Waals surface area contributed by atoms with E-state index in [9.17, 15) is 17.6 Å². The molecule has 1 heterocycles. The summed E-state index contributed by atoms with van der Waals surface area (Å²) in [5.41, 5.74) is 0.768. The Hall–Kier alpha value is -2.82. The number of carbonyl (C=O) groups excluding carboxylic acids is 1. The number of carbonyl (C=O) groups is 1. The van der Waals surface area contributed by atoms with Crippen LogP contribution in [0.1, 0.15) is 21.1 Å². The minimum absolute atomic E-state index is 0.0723. The highest BCUT2D eigenvalue weighted by Gasteiger charge is 2.20. The number of ether oxygens (including phenoxy) is 1. The van der Waals surface area contributed by atoms with Crippen molar-refractivity contribution in [3.8, 4) is 0 Å². The van der Waals surface area contributed by atoms with Gasteiger partial charge in [-0.15, -0.1) is 11.3 Å². The zero-order chi connectivity index (χ0) is 21.0. The Labute approximate surface area is 171 Å². The first kappa shape index (κ1) is 20.9. The minimum atomic E-state index is -4.06. The molecule has 152 valence electrons. The largest absolute Gasteiger partial charge is 0.378 e. The smallest absolute Gasteiger partial charge is 0.275 e. The van der Waals surface area contributed by atoms with E-state index in [-0.39, 0.29) is 22.0 Å². The SMILES string of the molecule is COCc1nc(C(=O)Nc2ccc(C)c(S(=O)(=O)Nc3ccccc3F)c2)cs1. The van der Waals surface area contributed by atoms with Crippen LogP contribution in [0.3, 0.4) is 0 Å². The minimum Gasteiger partial charge on any atom is -0.378 e. The van der Waals surface area contributed by atoms with Gasteiger partial charge in [-0.05, 0) is 36.8 Å². The summed E-state index contributed by atoms with van der Waals surface area (Å²) in [4.78, 5) is 16.5. The first-order valence-corrected chi connectivity index (χ1v) is 10.8. The van der Waals surface area contributed by atoms with Crippen molar-refractivity contribution in [2.24, 2.45) is 0 Å². The van der Waals surface area contributed by atoms with Crippen LogP contribution in [0.4, 0.5) is 15.8 Å². The van der Waals surface area contributed by atoms with E-state index >= 15 is 0 Å². The van der Waals surface area contributed by atoms with Gasteiger partial charge in [-0.2, -0.15) is 0 Å². The number of hydrogen-bond donors (Lipinski definition) is 2. The number of aryl methyl sites for hydroxylation is 1. The van der Waals surface area contributed by atoms with Crippen molar-refractivity contribution in [3.63, 3.8) is 0 Å². The Morgan fingerprint density at radius 1 is 1.24 bits per heavy atom. The lowest BCUT2D eigenvalue weighted by atomic mass is 10.2. The van der Waals surface area contributed by atoms with E-state index in [1.807, 2.05) is 0 Å². The molecule has 0 fully saturated rings. The van der Waals surface area contributed by atoms with Gasteiger partial charge >= 0.3 is 0 Å². The molecule has 0 saturated carbocycles. The Morgan fingerprint density at radius 3 is 2.72 bits per heavy atom. The third-order valence-electron chi connectivity index (χ3n) is 3.91. The summed E-state index contributed by atoms with van der Waals surface area (Å²) in [5, 5.41) is 4.87. The topological polar surface area (TPSA) is 97.4 Å². The number of sulfonamides is 1. The van der Waals surface area contributed by atoms with Crippen LogP contribution in [-0.2, 0) is 21.4 Å². The monoisotopic (exact) mass is 435 g/mol. The maximum Gasteiger partial charge on any atom is 0.275 e. The summed E-state index contributed by atoms with van der Waals surface area (Å²) < 4.78 is 46.5. The van der Waals surface area contributed by atoms with E-state index in [4.69, 9.17) is 4.74 Å². The molecular weight excluding hydrogens is 417 g/mol. The Bertz CT molecular complexity index is 1150. The van der Waals surface area contributed by atoms with Crippen molar-refractivity contribution in [1.29, 1.82) is 0 Å². The van der Waals surface area contributed by atoms with E-state index in [2.05, 4.69) is 15.0 Å². The van der Waals surface area contributed by atoms with Crippen LogP contribution >= 0.6 is 11.3 Å². The number of rotatable bonds is 7. The molecule has 0 bridgehead atoms. The molecule has 0 unspecified atom stereocenters. The molecule has 2 N–H and O–H groups in total. The third-order valence-corrected chi connectivity index (χ3v) is 6.24. The lowest BCUT2D eigenvalue weighted by Gasteiger charge is -2.13. The van der Waals surface area contributed by atoms with Crippen molar-refractivity contribution >= 4 is 38.6 Å². The molecule has 0 spiro atoms. The van der Waals surface area contributed by atoms with Crippen molar-refractivity contribution in [3.05, 3.63) is 69.9 Å². The number of halogens is 1. The number of anilines is 2. The molecule has 0 atom stereocenters. The van der Waals surface area contributed by atoms with Gasteiger partial charge in [-0.1, -0.05) is 18.2 Å². The molecule has 0 radical (unpaired) electrons. The molecule has 7 nitrogen and oxygen atoms in total. The van der Waals surface area contributed by atoms with Gasteiger partial charge in [0.25, 0.3) is 15.9 Å². The Kier molecular flexibility index (Phi) is 6.26. The molecule has 10 heteroatoms. The van der Waals surface area contributed by atoms with Gasteiger partial charge in [-0.25, -0.2) is 17.8 Å². The van der Waals surface area contributed by atoms with Crippen LogP contribution < -0.4 is 10.0 Å². The first-order valence-electron chi connectivity index (χ1n) is 8.43. The van der Waals surface area contributed by atoms with Gasteiger partial charge in [0, 0.05) is 18.2 Å². The van der Waals surface area contributed by atoms with Crippen LogP contribution in [0.25, 0.3) is 0 Å². The lowest BCUT2D eigenvalue weighted by molar-refractivity contribution is 0.102. The summed E-state index contributed by atoms with van der Waals surface area (Å²) in [6, 6.07) is 9.93. The zero-order valence-electron chi connectivity index (χ0n) is 15.6. The van der Waals surface area contributed by atoms with E-state index in [0.29, 0.717) is 17.2 Å². The van der Waals surface area contributed by atoms with Gasteiger partial charge in [0.1, 0.15) is 16.5 Å². The molecule has 3 aromatic rings. The fraction of sp³-hybridized carbons (Fsp3) is 0.158. The summed E-state index contributed by atoms with van der Waals surface area (Å²) in [6.07, 6.45) is 0. The quantitative estimate of drug-likeness (QED) is 0.589. The summed E-state index contributed by atoms with van der Waals surface area (Å²) in [7, 11) is -2.53. The number of nitrogens with zero attached hydrogens (tertiary/aromatic N) is 1. The van der Waals surface area contributed by atoms with Gasteiger partial charge < -0.3 is 10.1 Å². The first-order chi connectivity index (χ1) is 13.8. The van der Waals surface area contributed by atoms with Gasteiger partial charge in [-0.3, -0.25) is 9.52 Å². The normalized spacial score (nSPS) is 11.3. The molecule has 0 aliphatic heterocycles. The number of para-hydroxylation sites is 1. The maximum atomic E-state index is 13.8. The lowest BCUT2D eigenvalue weighted by Crippen LogP contribution is -2.17. The number of benzene rings is 2. The van der Waals surface area contributed by atoms with Crippen molar-refractivity contribution < 1.29 is 22.3 Å². The summed E-state index contributed by atoms with van der Waals surface area (Å²) in [5.74, 6) is -1.16. The molecule has 2 aromatic carbocycles. The number of thiazole rings is 1. The number of amides is 1. The number of nitrogens with one attached hydrogen (secondary N) is 2. The third kappa shape index (κ3) is 4.97. The average Bonchev–Trinajstić information content (AvgIpc) is 3.14. The molecule has 1 amide bonds. The molecule has 0 saturated heterocycles. The predicted molar refractivity (Wildman–Crippen MR) is 109 cm³/mol. The number of methoxy groups -OCH3 is 1. The molecule has 29 heavy (non-hydrogen) atoms. The van der Waals surface area contributed by atoms with E-state index in [0.717, 1.165) is 6.07 Å². The fourth-order valence-corrected chi connectivity index (χ4v) is 4.59. The second-order valence-electron chi connectivity index (χ2n) is 6.08. The van der Waals surface area contributed by atoms with Crippen molar-refractivity contribution in [2.45, 2.75) is 18.4 Å². The zero-order valence-corrected chi connectivity index (χ0v) is 17.2. The molecule has 3 rings (SSSR count). The number of hydrogen-bond acceptors (Lipinski definition) is 6. The van der Waals surface area contributed by atoms with Crippen LogP contribution in [0.15, 0.2) is 52.7 Å².